The van der Waals surface area contributed by atoms with Crippen molar-refractivity contribution in [2.75, 3.05) is 7.11 Å². The molecule has 5 heteroatoms. The summed E-state index contributed by atoms with van der Waals surface area (Å²) in [5, 5.41) is 0. The summed E-state index contributed by atoms with van der Waals surface area (Å²) in [7, 11) is 1.52. The topological polar surface area (TPSA) is 61.3 Å². The largest absolute Gasteiger partial charge is 0.480 e. The lowest BCUT2D eigenvalue weighted by Crippen LogP contribution is -1.92. The highest BCUT2D eigenvalue weighted by molar-refractivity contribution is 5.76. The lowest BCUT2D eigenvalue weighted by Gasteiger charge is -2.02. The van der Waals surface area contributed by atoms with Gasteiger partial charge in [-0.2, -0.15) is 0 Å². The average molecular weight is 204 g/mol. The Kier molecular flexibility index (Phi) is 2.45. The van der Waals surface area contributed by atoms with Crippen molar-refractivity contribution in [2.45, 2.75) is 0 Å². The molecular formula is C10H8N2O3. The SMILES string of the molecule is COc1cnc2ccc(OC=O)cc2n1. The van der Waals surface area contributed by atoms with E-state index in [1.165, 1.54) is 13.3 Å². The first-order valence-corrected chi connectivity index (χ1v) is 4.24. The van der Waals surface area contributed by atoms with Crippen LogP contribution in [0.1, 0.15) is 0 Å². The molecule has 0 aliphatic rings. The quantitative estimate of drug-likeness (QED) is 0.702. The monoisotopic (exact) mass is 204 g/mol. The van der Waals surface area contributed by atoms with Gasteiger partial charge in [0.15, 0.2) is 0 Å². The van der Waals surface area contributed by atoms with Crippen LogP contribution in [0.2, 0.25) is 0 Å². The fourth-order valence-corrected chi connectivity index (χ4v) is 1.20. The molecule has 0 bridgehead atoms. The molecule has 0 atom stereocenters. The second-order valence-corrected chi connectivity index (χ2v) is 2.78. The number of methoxy groups -OCH3 is 1. The molecule has 1 heterocycles. The van der Waals surface area contributed by atoms with Gasteiger partial charge in [0, 0.05) is 6.07 Å². The Morgan fingerprint density at radius 2 is 2.20 bits per heavy atom. The molecule has 0 aliphatic carbocycles. The summed E-state index contributed by atoms with van der Waals surface area (Å²) in [6.07, 6.45) is 1.53. The first-order chi connectivity index (χ1) is 7.33. The number of fused-ring (bicyclic) bond motifs is 1. The number of carbonyl (C=O) groups excluding carboxylic acids is 1. The van der Waals surface area contributed by atoms with Gasteiger partial charge in [0.25, 0.3) is 6.47 Å². The maximum Gasteiger partial charge on any atom is 0.298 e. The van der Waals surface area contributed by atoms with Crippen LogP contribution in [0.4, 0.5) is 0 Å². The fraction of sp³-hybridized carbons (Fsp3) is 0.100. The minimum atomic E-state index is 0.370. The summed E-state index contributed by atoms with van der Waals surface area (Å²) < 4.78 is 9.64. The number of hydrogen-bond acceptors (Lipinski definition) is 5. The van der Waals surface area contributed by atoms with Crippen molar-refractivity contribution < 1.29 is 14.3 Å². The highest BCUT2D eigenvalue weighted by Gasteiger charge is 2.01. The van der Waals surface area contributed by atoms with Crippen LogP contribution in [0.15, 0.2) is 24.4 Å². The summed E-state index contributed by atoms with van der Waals surface area (Å²) in [6, 6.07) is 5.00. The third-order valence-electron chi connectivity index (χ3n) is 1.88. The molecule has 2 rings (SSSR count). The number of carbonyl (C=O) groups is 1. The minimum Gasteiger partial charge on any atom is -0.480 e. The molecule has 0 unspecified atom stereocenters. The van der Waals surface area contributed by atoms with Crippen molar-refractivity contribution in [3.05, 3.63) is 24.4 Å². The van der Waals surface area contributed by atoms with Crippen molar-refractivity contribution in [1.29, 1.82) is 0 Å². The molecule has 2 aromatic rings. The first-order valence-electron chi connectivity index (χ1n) is 4.24. The molecule has 0 fully saturated rings. The van der Waals surface area contributed by atoms with E-state index >= 15 is 0 Å². The van der Waals surface area contributed by atoms with Gasteiger partial charge in [-0.25, -0.2) is 9.97 Å². The van der Waals surface area contributed by atoms with Gasteiger partial charge in [0.05, 0.1) is 24.3 Å². The van der Waals surface area contributed by atoms with E-state index < -0.39 is 0 Å². The van der Waals surface area contributed by atoms with Gasteiger partial charge in [-0.3, -0.25) is 4.79 Å². The molecular weight excluding hydrogens is 196 g/mol. The molecule has 0 amide bonds. The van der Waals surface area contributed by atoms with E-state index in [0.717, 1.165) is 0 Å². The molecule has 5 nitrogen and oxygen atoms in total. The van der Waals surface area contributed by atoms with Gasteiger partial charge in [-0.15, -0.1) is 0 Å². The predicted octanol–water partition coefficient (Wildman–Crippen LogP) is 1.17. The van der Waals surface area contributed by atoms with Crippen LogP contribution >= 0.6 is 0 Å². The molecule has 0 aliphatic heterocycles. The summed E-state index contributed by atoms with van der Waals surface area (Å²) in [5.41, 5.74) is 1.34. The maximum atomic E-state index is 10.2. The number of nitrogens with zero attached hydrogens (tertiary/aromatic N) is 2. The molecule has 15 heavy (non-hydrogen) atoms. The molecule has 76 valence electrons. The van der Waals surface area contributed by atoms with Crippen LogP contribution in [-0.2, 0) is 4.79 Å². The second kappa shape index (κ2) is 3.91. The Morgan fingerprint density at radius 1 is 1.33 bits per heavy atom. The zero-order chi connectivity index (χ0) is 10.7. The standard InChI is InChI=1S/C10H8N2O3/c1-14-10-5-11-8-3-2-7(15-6-13)4-9(8)12-10/h2-6H,1H3. The van der Waals surface area contributed by atoms with Gasteiger partial charge >= 0.3 is 0 Å². The Hall–Kier alpha value is -2.17. The van der Waals surface area contributed by atoms with Crippen molar-refractivity contribution >= 4 is 17.5 Å². The van der Waals surface area contributed by atoms with Crippen LogP contribution in [0.3, 0.4) is 0 Å². The minimum absolute atomic E-state index is 0.370. The summed E-state index contributed by atoms with van der Waals surface area (Å²) >= 11 is 0. The van der Waals surface area contributed by atoms with E-state index in [0.29, 0.717) is 29.1 Å². The third kappa shape index (κ3) is 1.85. The fourth-order valence-electron chi connectivity index (χ4n) is 1.20. The van der Waals surface area contributed by atoms with Gasteiger partial charge in [-0.05, 0) is 12.1 Å². The molecule has 0 saturated heterocycles. The number of hydrogen-bond donors (Lipinski definition) is 0. The van der Waals surface area contributed by atoms with Crippen molar-refractivity contribution in [3.63, 3.8) is 0 Å². The summed E-state index contributed by atoms with van der Waals surface area (Å²) in [5.74, 6) is 0.853. The highest BCUT2D eigenvalue weighted by Crippen LogP contribution is 2.19. The van der Waals surface area contributed by atoms with Crippen molar-refractivity contribution in [1.82, 2.24) is 9.97 Å². The Labute approximate surface area is 85.7 Å². The zero-order valence-electron chi connectivity index (χ0n) is 8.01. The normalized spacial score (nSPS) is 9.93. The lowest BCUT2D eigenvalue weighted by atomic mass is 10.3. The first kappa shape index (κ1) is 9.39. The van der Waals surface area contributed by atoms with E-state index in [1.807, 2.05) is 0 Å². The molecule has 0 saturated carbocycles. The Balaban J connectivity index is 2.52. The number of ether oxygens (including phenoxy) is 2. The molecule has 0 N–H and O–H groups in total. The zero-order valence-corrected chi connectivity index (χ0v) is 8.01. The van der Waals surface area contributed by atoms with Crippen LogP contribution < -0.4 is 9.47 Å². The van der Waals surface area contributed by atoms with Crippen LogP contribution in [-0.4, -0.2) is 23.5 Å². The maximum absolute atomic E-state index is 10.2. The summed E-state index contributed by atoms with van der Waals surface area (Å²) in [4.78, 5) is 18.4. The van der Waals surface area contributed by atoms with Crippen LogP contribution in [0.5, 0.6) is 11.6 Å². The Morgan fingerprint density at radius 3 is 2.93 bits per heavy atom. The van der Waals surface area contributed by atoms with Gasteiger partial charge < -0.3 is 9.47 Å². The van der Waals surface area contributed by atoms with Gasteiger partial charge in [-0.1, -0.05) is 0 Å². The number of aromatic nitrogens is 2. The van der Waals surface area contributed by atoms with Crippen LogP contribution in [0, 0.1) is 0 Å². The average Bonchev–Trinajstić information content (AvgIpc) is 2.28. The van der Waals surface area contributed by atoms with E-state index in [9.17, 15) is 4.79 Å². The van der Waals surface area contributed by atoms with Crippen LogP contribution in [0.25, 0.3) is 11.0 Å². The molecule has 0 radical (unpaired) electrons. The third-order valence-corrected chi connectivity index (χ3v) is 1.88. The molecule has 1 aromatic carbocycles. The van der Waals surface area contributed by atoms with Crippen molar-refractivity contribution in [3.8, 4) is 11.6 Å². The van der Waals surface area contributed by atoms with E-state index in [1.54, 1.807) is 18.2 Å². The Bertz CT molecular complexity index is 499. The lowest BCUT2D eigenvalue weighted by molar-refractivity contribution is -0.120. The van der Waals surface area contributed by atoms with Gasteiger partial charge in [0.2, 0.25) is 5.88 Å². The number of benzene rings is 1. The number of rotatable bonds is 3. The summed E-state index contributed by atoms with van der Waals surface area (Å²) in [6.45, 7) is 0.370. The van der Waals surface area contributed by atoms with E-state index in [-0.39, 0.29) is 0 Å². The molecule has 1 aromatic heterocycles. The van der Waals surface area contributed by atoms with E-state index in [4.69, 9.17) is 9.47 Å². The predicted molar refractivity (Wildman–Crippen MR) is 52.8 cm³/mol. The highest BCUT2D eigenvalue weighted by atomic mass is 16.5. The second-order valence-electron chi connectivity index (χ2n) is 2.78. The smallest absolute Gasteiger partial charge is 0.298 e. The van der Waals surface area contributed by atoms with E-state index in [2.05, 4.69) is 9.97 Å². The van der Waals surface area contributed by atoms with Gasteiger partial charge in [0.1, 0.15) is 5.75 Å². The molecule has 0 spiro atoms. The van der Waals surface area contributed by atoms with Crippen molar-refractivity contribution in [2.24, 2.45) is 0 Å².